The lowest BCUT2D eigenvalue weighted by molar-refractivity contribution is 0.0536. The van der Waals surface area contributed by atoms with Crippen LogP contribution in [0.25, 0.3) is 11.3 Å². The molecule has 0 saturated carbocycles. The van der Waals surface area contributed by atoms with Crippen LogP contribution in [0.15, 0.2) is 65.2 Å². The number of nitrogens with zero attached hydrogens (tertiary/aromatic N) is 2. The summed E-state index contributed by atoms with van der Waals surface area (Å²) in [7, 11) is 0. The van der Waals surface area contributed by atoms with Gasteiger partial charge in [-0.2, -0.15) is 0 Å². The number of aromatic nitrogens is 1. The van der Waals surface area contributed by atoms with E-state index in [4.69, 9.17) is 4.42 Å². The van der Waals surface area contributed by atoms with Crippen LogP contribution in [0.5, 0.6) is 0 Å². The third-order valence-electron chi connectivity index (χ3n) is 4.70. The molecule has 27 heavy (non-hydrogen) atoms. The Hall–Kier alpha value is -3.21. The second kappa shape index (κ2) is 6.83. The Morgan fingerprint density at radius 3 is 2.11 bits per heavy atom. The molecule has 0 saturated heterocycles. The van der Waals surface area contributed by atoms with Crippen molar-refractivity contribution in [2.24, 2.45) is 5.92 Å². The minimum Gasteiger partial charge on any atom is -0.438 e. The van der Waals surface area contributed by atoms with Crippen molar-refractivity contribution in [3.63, 3.8) is 0 Å². The molecule has 0 bridgehead atoms. The summed E-state index contributed by atoms with van der Waals surface area (Å²) in [5.41, 5.74) is 1.78. The maximum Gasteiger partial charge on any atom is 0.262 e. The molecule has 0 N–H and O–H groups in total. The van der Waals surface area contributed by atoms with Gasteiger partial charge < -0.3 is 4.42 Å². The Labute approximate surface area is 157 Å². The van der Waals surface area contributed by atoms with Crippen molar-refractivity contribution in [3.05, 3.63) is 77.8 Å². The lowest BCUT2D eigenvalue weighted by atomic mass is 10.0. The minimum atomic E-state index is -0.533. The van der Waals surface area contributed by atoms with Gasteiger partial charge in [0.1, 0.15) is 6.04 Å². The number of rotatable bonds is 5. The van der Waals surface area contributed by atoms with E-state index in [0.717, 1.165) is 5.56 Å². The number of fused-ring (bicyclic) bond motifs is 1. The Morgan fingerprint density at radius 2 is 1.52 bits per heavy atom. The molecule has 4 rings (SSSR count). The molecule has 2 aromatic carbocycles. The molecule has 0 aliphatic carbocycles. The van der Waals surface area contributed by atoms with Gasteiger partial charge in [-0.05, 0) is 24.5 Å². The predicted octanol–water partition coefficient (Wildman–Crippen LogP) is 4.73. The summed E-state index contributed by atoms with van der Waals surface area (Å²) >= 11 is 0. The summed E-state index contributed by atoms with van der Waals surface area (Å²) < 4.78 is 5.98. The van der Waals surface area contributed by atoms with Gasteiger partial charge in [0.15, 0.2) is 5.76 Å². The SMILES string of the molecule is CC(C)C[C@@H](c1ncc(-c2ccccc2)o1)N1C(=O)c2ccccc2C1=O. The third-order valence-corrected chi connectivity index (χ3v) is 4.70. The van der Waals surface area contributed by atoms with Crippen LogP contribution in [-0.4, -0.2) is 21.7 Å². The summed E-state index contributed by atoms with van der Waals surface area (Å²) in [5.74, 6) is 0.681. The van der Waals surface area contributed by atoms with E-state index in [9.17, 15) is 9.59 Å². The van der Waals surface area contributed by atoms with Crippen LogP contribution in [-0.2, 0) is 0 Å². The van der Waals surface area contributed by atoms with Crippen molar-refractivity contribution >= 4 is 11.8 Å². The number of carbonyl (C=O) groups is 2. The van der Waals surface area contributed by atoms with E-state index in [0.29, 0.717) is 29.2 Å². The fourth-order valence-corrected chi connectivity index (χ4v) is 3.43. The van der Waals surface area contributed by atoms with Crippen LogP contribution in [0.1, 0.15) is 52.9 Å². The van der Waals surface area contributed by atoms with E-state index in [2.05, 4.69) is 4.98 Å². The van der Waals surface area contributed by atoms with E-state index in [1.54, 1.807) is 30.5 Å². The number of amides is 2. The minimum absolute atomic E-state index is 0.256. The Kier molecular flexibility index (Phi) is 4.36. The molecule has 1 aliphatic rings. The van der Waals surface area contributed by atoms with Crippen molar-refractivity contribution in [1.29, 1.82) is 0 Å². The van der Waals surface area contributed by atoms with Gasteiger partial charge in [-0.25, -0.2) is 4.98 Å². The number of benzene rings is 2. The van der Waals surface area contributed by atoms with Crippen molar-refractivity contribution in [1.82, 2.24) is 9.88 Å². The van der Waals surface area contributed by atoms with Crippen LogP contribution in [0, 0.1) is 5.92 Å². The number of imide groups is 1. The van der Waals surface area contributed by atoms with Crippen molar-refractivity contribution in [3.8, 4) is 11.3 Å². The molecule has 1 atom stereocenters. The van der Waals surface area contributed by atoms with Gasteiger partial charge in [-0.1, -0.05) is 56.3 Å². The van der Waals surface area contributed by atoms with Crippen LogP contribution in [0.3, 0.4) is 0 Å². The standard InChI is InChI=1S/C22H20N2O3/c1-14(2)12-18(20-23-13-19(27-20)15-8-4-3-5-9-15)24-21(25)16-10-6-7-11-17(16)22(24)26/h3-11,13-14,18H,12H2,1-2H3/t18-/m0/s1. The quantitative estimate of drug-likeness (QED) is 0.617. The Bertz CT molecular complexity index is 957. The molecule has 5 nitrogen and oxygen atoms in total. The lowest BCUT2D eigenvalue weighted by Gasteiger charge is -2.25. The number of carbonyl (C=O) groups excluding carboxylic acids is 2. The van der Waals surface area contributed by atoms with Crippen molar-refractivity contribution < 1.29 is 14.0 Å². The average Bonchev–Trinajstić information content (AvgIpc) is 3.26. The number of hydrogen-bond acceptors (Lipinski definition) is 4. The van der Waals surface area contributed by atoms with Gasteiger partial charge >= 0.3 is 0 Å². The van der Waals surface area contributed by atoms with Crippen LogP contribution in [0.2, 0.25) is 0 Å². The molecule has 1 aliphatic heterocycles. The second-order valence-corrected chi connectivity index (χ2v) is 7.10. The van der Waals surface area contributed by atoms with Gasteiger partial charge in [0, 0.05) is 5.56 Å². The first kappa shape index (κ1) is 17.2. The fraction of sp³-hybridized carbons (Fsp3) is 0.227. The first-order valence-corrected chi connectivity index (χ1v) is 9.04. The summed E-state index contributed by atoms with van der Waals surface area (Å²) in [5, 5.41) is 0. The van der Waals surface area contributed by atoms with E-state index >= 15 is 0 Å². The van der Waals surface area contributed by atoms with Gasteiger partial charge in [0.2, 0.25) is 5.89 Å². The number of oxazole rings is 1. The third kappa shape index (κ3) is 3.05. The highest BCUT2D eigenvalue weighted by atomic mass is 16.4. The summed E-state index contributed by atoms with van der Waals surface area (Å²) in [6.07, 6.45) is 2.23. The zero-order chi connectivity index (χ0) is 19.0. The maximum atomic E-state index is 12.9. The first-order chi connectivity index (χ1) is 13.1. The van der Waals surface area contributed by atoms with Crippen molar-refractivity contribution in [2.75, 3.05) is 0 Å². The zero-order valence-electron chi connectivity index (χ0n) is 15.3. The molecule has 0 fully saturated rings. The van der Waals surface area contributed by atoms with Crippen LogP contribution in [0.4, 0.5) is 0 Å². The predicted molar refractivity (Wildman–Crippen MR) is 101 cm³/mol. The summed E-state index contributed by atoms with van der Waals surface area (Å²) in [6.45, 7) is 4.10. The first-order valence-electron chi connectivity index (χ1n) is 9.04. The summed E-state index contributed by atoms with van der Waals surface area (Å²) in [6, 6.07) is 16.0. The lowest BCUT2D eigenvalue weighted by Crippen LogP contribution is -2.35. The molecular weight excluding hydrogens is 340 g/mol. The Balaban J connectivity index is 1.72. The molecule has 1 aromatic heterocycles. The molecule has 0 spiro atoms. The normalized spacial score (nSPS) is 14.7. The van der Waals surface area contributed by atoms with E-state index in [1.807, 2.05) is 44.2 Å². The van der Waals surface area contributed by atoms with E-state index in [-0.39, 0.29) is 17.7 Å². The van der Waals surface area contributed by atoms with E-state index < -0.39 is 6.04 Å². The molecular formula is C22H20N2O3. The van der Waals surface area contributed by atoms with E-state index in [1.165, 1.54) is 4.90 Å². The maximum absolute atomic E-state index is 12.9. The molecule has 0 radical (unpaired) electrons. The van der Waals surface area contributed by atoms with Gasteiger partial charge in [-0.15, -0.1) is 0 Å². The van der Waals surface area contributed by atoms with Gasteiger partial charge in [-0.3, -0.25) is 14.5 Å². The van der Waals surface area contributed by atoms with Gasteiger partial charge in [0.05, 0.1) is 17.3 Å². The molecule has 3 aromatic rings. The van der Waals surface area contributed by atoms with Crippen LogP contribution < -0.4 is 0 Å². The monoisotopic (exact) mass is 360 g/mol. The topological polar surface area (TPSA) is 63.4 Å². The highest BCUT2D eigenvalue weighted by Gasteiger charge is 2.42. The van der Waals surface area contributed by atoms with Crippen LogP contribution >= 0.6 is 0 Å². The average molecular weight is 360 g/mol. The highest BCUT2D eigenvalue weighted by Crippen LogP contribution is 2.36. The largest absolute Gasteiger partial charge is 0.438 e. The highest BCUT2D eigenvalue weighted by molar-refractivity contribution is 6.21. The molecule has 5 heteroatoms. The summed E-state index contributed by atoms with van der Waals surface area (Å²) in [4.78, 5) is 31.5. The molecule has 0 unspecified atom stereocenters. The number of hydrogen-bond donors (Lipinski definition) is 0. The van der Waals surface area contributed by atoms with Gasteiger partial charge in [0.25, 0.3) is 11.8 Å². The fourth-order valence-electron chi connectivity index (χ4n) is 3.43. The molecule has 2 amide bonds. The Morgan fingerprint density at radius 1 is 0.926 bits per heavy atom. The molecule has 2 heterocycles. The zero-order valence-corrected chi connectivity index (χ0v) is 15.3. The smallest absolute Gasteiger partial charge is 0.262 e. The second-order valence-electron chi connectivity index (χ2n) is 7.10. The molecule has 136 valence electrons. The van der Waals surface area contributed by atoms with Crippen molar-refractivity contribution in [2.45, 2.75) is 26.3 Å².